The molecule has 0 spiro atoms. The summed E-state index contributed by atoms with van der Waals surface area (Å²) in [7, 11) is 0. The van der Waals surface area contributed by atoms with Crippen molar-refractivity contribution in [3.8, 4) is 0 Å². The third-order valence-electron chi connectivity index (χ3n) is 11.1. The summed E-state index contributed by atoms with van der Waals surface area (Å²) >= 11 is 0. The normalized spacial score (nSPS) is 13.0. The molecule has 0 unspecified atom stereocenters. The molecule has 0 aliphatic heterocycles. The molecule has 0 amide bonds. The number of halogens is 20. The van der Waals surface area contributed by atoms with Gasteiger partial charge in [-0.05, 0) is 31.7 Å². The molecule has 0 saturated heterocycles. The van der Waals surface area contributed by atoms with E-state index in [1.54, 1.807) is 35.0 Å². The maximum absolute atomic E-state index is 15.4. The Kier molecular flexibility index (Phi) is 14.9. The molecule has 5 aromatic carbocycles. The van der Waals surface area contributed by atoms with Gasteiger partial charge in [0.1, 0.15) is 58.8 Å². The van der Waals surface area contributed by atoms with Crippen LogP contribution < -0.4 is 26.4 Å². The molecule has 1 aliphatic rings. The van der Waals surface area contributed by atoms with E-state index in [0.29, 0.717) is 11.3 Å². The highest BCUT2D eigenvalue weighted by molar-refractivity contribution is 7.20. The maximum Gasteiger partial charge on any atom is 0.403 e. The third-order valence-corrected chi connectivity index (χ3v) is 11.1. The number of esters is 1. The summed E-state index contributed by atoms with van der Waals surface area (Å²) in [6, 6.07) is 14.4. The SMILES string of the molecule is Fc1c(F)c(F)c([B-](c2c(F)c(F)c(F)c(F)c2F)(c2c(F)c(F)c(F)c(F)c2F)c2c(F)c(F)c(F)c(F)c2F)c(F)c1F.O=C(C[n+]1ccccc1C(=O)OC1CCCCC1)c1ccccc1. The lowest BCUT2D eigenvalue weighted by atomic mass is 9.12. The van der Waals surface area contributed by atoms with Gasteiger partial charge in [0, 0.05) is 17.7 Å². The van der Waals surface area contributed by atoms with E-state index >= 15 is 35.1 Å². The van der Waals surface area contributed by atoms with E-state index in [9.17, 15) is 62.3 Å². The first-order chi connectivity index (χ1) is 32.4. The first kappa shape index (κ1) is 51.4. The Morgan fingerprint density at radius 3 is 1.06 bits per heavy atom. The van der Waals surface area contributed by atoms with Crippen molar-refractivity contribution >= 4 is 39.7 Å². The van der Waals surface area contributed by atoms with Crippen LogP contribution in [-0.4, -0.2) is 24.0 Å². The summed E-state index contributed by atoms with van der Waals surface area (Å²) in [5, 5.41) is 0. The summed E-state index contributed by atoms with van der Waals surface area (Å²) < 4.78 is 301. The van der Waals surface area contributed by atoms with Crippen LogP contribution in [0.3, 0.4) is 0 Å². The summed E-state index contributed by atoms with van der Waals surface area (Å²) in [5.41, 5.74) is -13.3. The topological polar surface area (TPSA) is 47.2 Å². The van der Waals surface area contributed by atoms with Gasteiger partial charge in [0.25, 0.3) is 5.69 Å². The Bertz CT molecular complexity index is 2660. The second kappa shape index (κ2) is 20.0. The molecule has 1 fully saturated rings. The number of hydrogen-bond acceptors (Lipinski definition) is 3. The highest BCUT2D eigenvalue weighted by Crippen LogP contribution is 2.31. The third kappa shape index (κ3) is 8.74. The number of carbonyl (C=O) groups is 2. The minimum absolute atomic E-state index is 0.00438. The molecule has 1 heterocycles. The van der Waals surface area contributed by atoms with E-state index in [1.165, 1.54) is 6.42 Å². The van der Waals surface area contributed by atoms with Crippen LogP contribution in [0.5, 0.6) is 0 Å². The number of ketones is 1. The predicted molar refractivity (Wildman–Crippen MR) is 199 cm³/mol. The number of benzene rings is 5. The van der Waals surface area contributed by atoms with Gasteiger partial charge in [-0.1, -0.05) is 36.8 Å². The molecule has 7 rings (SSSR count). The molecule has 0 bridgehead atoms. The quantitative estimate of drug-likeness (QED) is 0.0276. The van der Waals surface area contributed by atoms with Gasteiger partial charge in [-0.3, -0.25) is 4.79 Å². The zero-order valence-electron chi connectivity index (χ0n) is 33.8. The standard InChI is InChI=1S/C24BF20.C20H22NO3/c26-5-1(6(27)14(35)21(42)13(5)34)25(2-7(28)15(36)22(43)16(37)8(2)29,3-9(30)17(38)23(44)18(39)10(3)31)4-11(32)19(40)24(45)20(41)12(4)33;22-19(16-9-3-1-4-10-16)15-21-14-8-7-13-18(21)20(23)24-17-11-5-2-6-12-17/h;1,3-4,7-10,13-14,17H,2,5-6,11-12,15H2/q-1;+1. The van der Waals surface area contributed by atoms with Crippen molar-refractivity contribution in [2.24, 2.45) is 0 Å². The van der Waals surface area contributed by atoms with Gasteiger partial charge in [-0.15, -0.1) is 21.9 Å². The average molecular weight is 1000 g/mol. The van der Waals surface area contributed by atoms with E-state index in [4.69, 9.17) is 4.74 Å². The largest absolute Gasteiger partial charge is 0.454 e. The summed E-state index contributed by atoms with van der Waals surface area (Å²) in [6.07, 6.45) is -0.166. The zero-order chi connectivity index (χ0) is 51.1. The first-order valence-electron chi connectivity index (χ1n) is 19.4. The fourth-order valence-corrected chi connectivity index (χ4v) is 7.94. The summed E-state index contributed by atoms with van der Waals surface area (Å²) in [6.45, 7) is 0.125. The van der Waals surface area contributed by atoms with Gasteiger partial charge in [0.2, 0.25) is 12.3 Å². The summed E-state index contributed by atoms with van der Waals surface area (Å²) in [5.74, 6) is -71.8. The van der Waals surface area contributed by atoms with Gasteiger partial charge < -0.3 is 4.74 Å². The van der Waals surface area contributed by atoms with Crippen LogP contribution in [0.2, 0.25) is 0 Å². The molecule has 4 nitrogen and oxygen atoms in total. The molecular formula is C44H22BF20NO3. The molecule has 6 aromatic rings. The molecule has 1 saturated carbocycles. The van der Waals surface area contributed by atoms with E-state index in [2.05, 4.69) is 0 Å². The number of rotatable bonds is 9. The number of carbonyl (C=O) groups excluding carboxylic acids is 2. The zero-order valence-corrected chi connectivity index (χ0v) is 33.8. The van der Waals surface area contributed by atoms with Gasteiger partial charge in [-0.25, -0.2) is 92.6 Å². The minimum Gasteiger partial charge on any atom is -0.454 e. The maximum atomic E-state index is 15.4. The van der Waals surface area contributed by atoms with E-state index < -0.39 is 144 Å². The smallest absolute Gasteiger partial charge is 0.403 e. The number of hydrogen-bond donors (Lipinski definition) is 0. The van der Waals surface area contributed by atoms with Crippen molar-refractivity contribution in [3.05, 3.63) is 182 Å². The van der Waals surface area contributed by atoms with Gasteiger partial charge in [0.15, 0.2) is 76.0 Å². The van der Waals surface area contributed by atoms with Crippen molar-refractivity contribution in [3.63, 3.8) is 0 Å². The average Bonchev–Trinajstić information content (AvgIpc) is 3.34. The van der Waals surface area contributed by atoms with Crippen LogP contribution in [0.25, 0.3) is 0 Å². The highest BCUT2D eigenvalue weighted by Gasteiger charge is 2.52. The molecule has 1 aromatic heterocycles. The van der Waals surface area contributed by atoms with E-state index in [1.807, 2.05) is 24.3 Å². The number of Topliss-reactive ketones (excluding diaryl/α,β-unsaturated/α-hetero) is 1. The lowest BCUT2D eigenvalue weighted by Gasteiger charge is -2.44. The van der Waals surface area contributed by atoms with Crippen LogP contribution in [0.4, 0.5) is 87.8 Å². The lowest BCUT2D eigenvalue weighted by molar-refractivity contribution is -0.685. The Labute approximate surface area is 373 Å². The van der Waals surface area contributed by atoms with Gasteiger partial charge >= 0.3 is 5.97 Å². The van der Waals surface area contributed by atoms with Crippen LogP contribution in [0, 0.1) is 116 Å². The molecule has 25 heteroatoms. The predicted octanol–water partition coefficient (Wildman–Crippen LogP) is 9.19. The van der Waals surface area contributed by atoms with Crippen LogP contribution in [0.15, 0.2) is 54.7 Å². The molecule has 364 valence electrons. The first-order valence-corrected chi connectivity index (χ1v) is 19.4. The number of pyridine rings is 1. The van der Waals surface area contributed by atoms with E-state index in [-0.39, 0.29) is 24.4 Å². The minimum atomic E-state index is -7.22. The molecule has 0 N–H and O–H groups in total. The Hall–Kier alpha value is -6.95. The number of nitrogens with zero attached hydrogens (tertiary/aromatic N) is 1. The van der Waals surface area contributed by atoms with Crippen molar-refractivity contribution in [2.45, 2.75) is 44.8 Å². The van der Waals surface area contributed by atoms with Crippen LogP contribution >= 0.6 is 0 Å². The Balaban J connectivity index is 0.000000273. The molecule has 0 radical (unpaired) electrons. The Morgan fingerprint density at radius 1 is 0.420 bits per heavy atom. The molecule has 1 aliphatic carbocycles. The monoisotopic (exact) mass is 1000 g/mol. The van der Waals surface area contributed by atoms with Crippen molar-refractivity contribution in [1.82, 2.24) is 0 Å². The van der Waals surface area contributed by atoms with Crippen molar-refractivity contribution < 1.29 is 107 Å². The van der Waals surface area contributed by atoms with Crippen molar-refractivity contribution in [1.29, 1.82) is 0 Å². The molecule has 69 heavy (non-hydrogen) atoms. The van der Waals surface area contributed by atoms with Gasteiger partial charge in [-0.2, -0.15) is 4.57 Å². The number of aromatic nitrogens is 1. The molecule has 0 atom stereocenters. The number of ether oxygens (including phenoxy) is 1. The second-order valence-corrected chi connectivity index (χ2v) is 15.0. The van der Waals surface area contributed by atoms with Crippen molar-refractivity contribution in [2.75, 3.05) is 0 Å². The lowest BCUT2D eigenvalue weighted by Crippen LogP contribution is -2.81. The fraction of sp³-hybridized carbons (Fsp3) is 0.159. The van der Waals surface area contributed by atoms with E-state index in [0.717, 1.165) is 25.7 Å². The highest BCUT2D eigenvalue weighted by atomic mass is 19.2. The Morgan fingerprint density at radius 2 is 0.725 bits per heavy atom. The van der Waals surface area contributed by atoms with Crippen LogP contribution in [-0.2, 0) is 11.3 Å². The fourth-order valence-electron chi connectivity index (χ4n) is 7.94. The second-order valence-electron chi connectivity index (χ2n) is 15.0. The summed E-state index contributed by atoms with van der Waals surface area (Å²) in [4.78, 5) is 24.9. The van der Waals surface area contributed by atoms with Gasteiger partial charge in [0.05, 0.1) is 0 Å². The molecular weight excluding hydrogens is 981 g/mol. The van der Waals surface area contributed by atoms with Crippen LogP contribution in [0.1, 0.15) is 53.0 Å².